The summed E-state index contributed by atoms with van der Waals surface area (Å²) >= 11 is 0. The fraction of sp³-hybridized carbons (Fsp3) is 0.367. The number of amides is 1. The van der Waals surface area contributed by atoms with Crippen LogP contribution in [0.15, 0.2) is 54.7 Å². The molecule has 1 fully saturated rings. The van der Waals surface area contributed by atoms with E-state index in [9.17, 15) is 4.79 Å². The van der Waals surface area contributed by atoms with Gasteiger partial charge in [-0.15, -0.1) is 5.10 Å². The van der Waals surface area contributed by atoms with E-state index in [-0.39, 0.29) is 5.69 Å². The van der Waals surface area contributed by atoms with Crippen molar-refractivity contribution >= 4 is 41.3 Å². The predicted molar refractivity (Wildman–Crippen MR) is 159 cm³/mol. The molecule has 0 saturated carbocycles. The van der Waals surface area contributed by atoms with Crippen molar-refractivity contribution in [1.29, 1.82) is 0 Å². The lowest BCUT2D eigenvalue weighted by Crippen LogP contribution is -2.41. The fourth-order valence-electron chi connectivity index (χ4n) is 5.50. The second kappa shape index (κ2) is 9.78. The first-order chi connectivity index (χ1) is 19.5. The van der Waals surface area contributed by atoms with E-state index in [0.29, 0.717) is 24.6 Å². The van der Waals surface area contributed by atoms with E-state index in [1.807, 2.05) is 43.4 Å². The van der Waals surface area contributed by atoms with Crippen molar-refractivity contribution in [3.8, 4) is 5.75 Å². The molecular formula is C30H35BN6O4. The Morgan fingerprint density at radius 2 is 1.83 bits per heavy atom. The number of nitrogens with two attached hydrogens (primary N) is 1. The van der Waals surface area contributed by atoms with Crippen LogP contribution in [-0.4, -0.2) is 59.5 Å². The third-order valence-corrected chi connectivity index (χ3v) is 8.53. The average molecular weight is 554 g/mol. The zero-order valence-corrected chi connectivity index (χ0v) is 24.3. The summed E-state index contributed by atoms with van der Waals surface area (Å²) in [6.45, 7) is 9.58. The normalized spacial score (nSPS) is 17.2. The third-order valence-electron chi connectivity index (χ3n) is 8.53. The SMILES string of the molecule is COc1ccc(CN(C)c2cc(N3CCc4c(B5OC(C)(C)C(C)(C)O5)cccc43)nn3c(C(N)=O)cnc23)cc1. The van der Waals surface area contributed by atoms with Crippen LogP contribution >= 0.6 is 0 Å². The number of imidazole rings is 1. The van der Waals surface area contributed by atoms with E-state index in [0.717, 1.165) is 34.6 Å². The first-order valence-corrected chi connectivity index (χ1v) is 13.8. The molecule has 1 saturated heterocycles. The molecule has 0 unspecified atom stereocenters. The van der Waals surface area contributed by atoms with Gasteiger partial charge in [0.15, 0.2) is 11.5 Å². The molecule has 41 heavy (non-hydrogen) atoms. The van der Waals surface area contributed by atoms with E-state index in [2.05, 4.69) is 54.6 Å². The van der Waals surface area contributed by atoms with Gasteiger partial charge in [0.1, 0.15) is 11.4 Å². The molecule has 4 aromatic rings. The molecule has 0 spiro atoms. The van der Waals surface area contributed by atoms with Crippen molar-refractivity contribution in [1.82, 2.24) is 14.6 Å². The number of ether oxygens (including phenoxy) is 1. The highest BCUT2D eigenvalue weighted by Gasteiger charge is 2.52. The van der Waals surface area contributed by atoms with Gasteiger partial charge in [0.2, 0.25) is 0 Å². The van der Waals surface area contributed by atoms with Gasteiger partial charge in [-0.05, 0) is 68.9 Å². The maximum atomic E-state index is 12.3. The van der Waals surface area contributed by atoms with Crippen molar-refractivity contribution in [2.45, 2.75) is 51.9 Å². The number of carbonyl (C=O) groups is 1. The number of rotatable bonds is 7. The van der Waals surface area contributed by atoms with Crippen molar-refractivity contribution in [3.63, 3.8) is 0 Å². The first-order valence-electron chi connectivity index (χ1n) is 13.8. The summed E-state index contributed by atoms with van der Waals surface area (Å²) in [6, 6.07) is 16.2. The molecule has 0 aliphatic carbocycles. The first kappa shape index (κ1) is 27.1. The van der Waals surface area contributed by atoms with Gasteiger partial charge >= 0.3 is 7.12 Å². The van der Waals surface area contributed by atoms with Crippen LogP contribution in [0.2, 0.25) is 0 Å². The number of hydrogen-bond donors (Lipinski definition) is 1. The van der Waals surface area contributed by atoms with E-state index in [4.69, 9.17) is 24.9 Å². The second-order valence-electron chi connectivity index (χ2n) is 11.7. The predicted octanol–water partition coefficient (Wildman–Crippen LogP) is 3.47. The number of aromatic nitrogens is 3. The van der Waals surface area contributed by atoms with Crippen LogP contribution in [0.4, 0.5) is 17.2 Å². The molecule has 10 nitrogen and oxygen atoms in total. The second-order valence-corrected chi connectivity index (χ2v) is 11.7. The summed E-state index contributed by atoms with van der Waals surface area (Å²) in [5, 5.41) is 4.86. The molecule has 2 N–H and O–H groups in total. The molecule has 2 aromatic carbocycles. The number of fused-ring (bicyclic) bond motifs is 2. The van der Waals surface area contributed by atoms with Crippen LogP contribution in [0.25, 0.3) is 5.65 Å². The number of hydrogen-bond acceptors (Lipinski definition) is 8. The highest BCUT2D eigenvalue weighted by molar-refractivity contribution is 6.62. The number of benzene rings is 2. The lowest BCUT2D eigenvalue weighted by molar-refractivity contribution is 0.00578. The summed E-state index contributed by atoms with van der Waals surface area (Å²) in [6.07, 6.45) is 2.28. The molecule has 2 aliphatic heterocycles. The number of methoxy groups -OCH3 is 1. The minimum Gasteiger partial charge on any atom is -0.497 e. The van der Waals surface area contributed by atoms with E-state index in [1.165, 1.54) is 11.8 Å². The molecule has 0 bridgehead atoms. The monoisotopic (exact) mass is 554 g/mol. The van der Waals surface area contributed by atoms with Gasteiger partial charge in [-0.3, -0.25) is 4.79 Å². The summed E-state index contributed by atoms with van der Waals surface area (Å²) in [5.74, 6) is 0.909. The van der Waals surface area contributed by atoms with Gasteiger partial charge in [-0.25, -0.2) is 9.50 Å². The van der Waals surface area contributed by atoms with Crippen LogP contribution < -0.4 is 25.7 Å². The summed E-state index contributed by atoms with van der Waals surface area (Å²) in [5.41, 5.74) is 10.8. The maximum Gasteiger partial charge on any atom is 0.495 e. The largest absolute Gasteiger partial charge is 0.497 e. The maximum absolute atomic E-state index is 12.3. The minimum atomic E-state index is -0.587. The van der Waals surface area contributed by atoms with Crippen LogP contribution in [0, 0.1) is 0 Å². The van der Waals surface area contributed by atoms with Gasteiger partial charge in [0.05, 0.1) is 30.2 Å². The molecule has 212 valence electrons. The number of primary amides is 1. The van der Waals surface area contributed by atoms with Crippen molar-refractivity contribution in [3.05, 3.63) is 71.5 Å². The minimum absolute atomic E-state index is 0.228. The van der Waals surface area contributed by atoms with Gasteiger partial charge < -0.3 is 29.6 Å². The third kappa shape index (κ3) is 4.59. The van der Waals surface area contributed by atoms with Gasteiger partial charge in [-0.1, -0.05) is 24.3 Å². The number of anilines is 3. The lowest BCUT2D eigenvalue weighted by Gasteiger charge is -2.32. The Balaban J connectivity index is 1.39. The highest BCUT2D eigenvalue weighted by atomic mass is 16.7. The molecule has 4 heterocycles. The Labute approximate surface area is 240 Å². The summed E-state index contributed by atoms with van der Waals surface area (Å²) < 4.78 is 19.6. The Kier molecular flexibility index (Phi) is 6.46. The van der Waals surface area contributed by atoms with Crippen LogP contribution in [-0.2, 0) is 22.3 Å². The van der Waals surface area contributed by atoms with Gasteiger partial charge in [-0.2, -0.15) is 0 Å². The summed E-state index contributed by atoms with van der Waals surface area (Å²) in [4.78, 5) is 21.1. The van der Waals surface area contributed by atoms with Crippen molar-refractivity contribution in [2.75, 3.05) is 30.5 Å². The molecule has 0 atom stereocenters. The molecule has 1 amide bonds. The average Bonchev–Trinajstić information content (AvgIpc) is 3.61. The molecule has 6 rings (SSSR count). The molecular weight excluding hydrogens is 519 g/mol. The van der Waals surface area contributed by atoms with E-state index < -0.39 is 24.2 Å². The molecule has 0 radical (unpaired) electrons. The Morgan fingerprint density at radius 1 is 1.12 bits per heavy atom. The Hall–Kier alpha value is -4.09. The Morgan fingerprint density at radius 3 is 2.49 bits per heavy atom. The fourth-order valence-corrected chi connectivity index (χ4v) is 5.50. The zero-order chi connectivity index (χ0) is 29.1. The van der Waals surface area contributed by atoms with Crippen molar-refractivity contribution in [2.24, 2.45) is 5.73 Å². The summed E-state index contributed by atoms with van der Waals surface area (Å²) in [7, 11) is 3.20. The van der Waals surface area contributed by atoms with Crippen LogP contribution in [0.3, 0.4) is 0 Å². The van der Waals surface area contributed by atoms with Crippen LogP contribution in [0.1, 0.15) is 49.3 Å². The quantitative estimate of drug-likeness (QED) is 0.346. The smallest absolute Gasteiger partial charge is 0.495 e. The standard InChI is InChI=1S/C30H35BN6O4/c1-29(2)30(3,4)41-31(40-29)22-8-7-9-23-21(22)14-15-36(23)26-16-24(28-33-17-25(27(32)38)37(28)34-26)35(5)18-19-10-12-20(39-6)13-11-19/h7-13,16-17H,14-15,18H2,1-6H3,(H2,32,38). The zero-order valence-electron chi connectivity index (χ0n) is 24.3. The highest BCUT2D eigenvalue weighted by Crippen LogP contribution is 2.39. The van der Waals surface area contributed by atoms with Gasteiger partial charge in [0.25, 0.3) is 5.91 Å². The number of nitrogens with zero attached hydrogens (tertiary/aromatic N) is 5. The van der Waals surface area contributed by atoms with E-state index >= 15 is 0 Å². The van der Waals surface area contributed by atoms with Gasteiger partial charge in [0, 0.05) is 31.9 Å². The number of carbonyl (C=O) groups excluding carboxylic acids is 1. The molecule has 2 aliphatic rings. The van der Waals surface area contributed by atoms with Crippen LogP contribution in [0.5, 0.6) is 5.75 Å². The topological polar surface area (TPSA) is 107 Å². The Bertz CT molecular complexity index is 1620. The van der Waals surface area contributed by atoms with E-state index in [1.54, 1.807) is 11.6 Å². The lowest BCUT2D eigenvalue weighted by atomic mass is 9.75. The molecule has 11 heteroatoms. The van der Waals surface area contributed by atoms with Crippen molar-refractivity contribution < 1.29 is 18.8 Å². The molecule has 2 aromatic heterocycles.